The highest BCUT2D eigenvalue weighted by molar-refractivity contribution is 5.45. The Balaban J connectivity index is 0.000000327. The highest BCUT2D eigenvalue weighted by Gasteiger charge is 2.55. The molecule has 1 nitrogen and oxygen atoms in total. The summed E-state index contributed by atoms with van der Waals surface area (Å²) in [4.78, 5) is 0. The summed E-state index contributed by atoms with van der Waals surface area (Å²) in [6.45, 7) is 3.63. The summed E-state index contributed by atoms with van der Waals surface area (Å²) >= 11 is 0. The first-order valence-electron chi connectivity index (χ1n) is 4.58. The van der Waals surface area contributed by atoms with Crippen molar-refractivity contribution in [3.8, 4) is 0 Å². The van der Waals surface area contributed by atoms with Crippen LogP contribution in [-0.2, 0) is 0 Å². The molecule has 0 saturated heterocycles. The van der Waals surface area contributed by atoms with Gasteiger partial charge in [-0.2, -0.15) is 26.3 Å². The van der Waals surface area contributed by atoms with E-state index >= 15 is 0 Å². The second kappa shape index (κ2) is 6.44. The zero-order valence-corrected chi connectivity index (χ0v) is 8.96. The number of alkyl halides is 6. The molecule has 0 saturated carbocycles. The van der Waals surface area contributed by atoms with Crippen molar-refractivity contribution in [1.82, 2.24) is 0 Å². The molecule has 0 spiro atoms. The van der Waals surface area contributed by atoms with Crippen LogP contribution < -0.4 is 0 Å². The molecule has 0 bridgehead atoms. The molecular weight excluding hydrogens is 262 g/mol. The summed E-state index contributed by atoms with van der Waals surface area (Å²) in [6, 6.07) is 10.0. The van der Waals surface area contributed by atoms with Gasteiger partial charge in [-0.1, -0.05) is 43.0 Å². The molecular formula is C11H10F6O. The number of hydrogen-bond acceptors (Lipinski definition) is 1. The number of aliphatic hydroxyl groups excluding tert-OH is 1. The van der Waals surface area contributed by atoms with Gasteiger partial charge < -0.3 is 5.11 Å². The third-order valence-corrected chi connectivity index (χ3v) is 1.66. The number of aliphatic hydroxyl groups is 1. The molecule has 18 heavy (non-hydrogen) atoms. The fraction of sp³-hybridized carbons (Fsp3) is 0.273. The molecule has 0 radical (unpaired) electrons. The van der Waals surface area contributed by atoms with Crippen molar-refractivity contribution in [3.05, 3.63) is 42.5 Å². The molecule has 1 rings (SSSR count). The first-order chi connectivity index (χ1) is 8.09. The molecule has 1 aromatic rings. The standard InChI is InChI=1S/C8H8.C3H2F6O/c1-2-8-6-4-3-5-7-8;4-2(5,6)1(10)3(7,8)9/h2-7H,1H2;1,10H. The second-order valence-electron chi connectivity index (χ2n) is 3.10. The van der Waals surface area contributed by atoms with Crippen LogP contribution in [0, 0.1) is 0 Å². The van der Waals surface area contributed by atoms with E-state index in [0.29, 0.717) is 0 Å². The largest absolute Gasteiger partial charge is 0.423 e. The lowest BCUT2D eigenvalue weighted by Crippen LogP contribution is -2.41. The van der Waals surface area contributed by atoms with Crippen LogP contribution in [0.1, 0.15) is 5.56 Å². The molecule has 7 heteroatoms. The minimum atomic E-state index is -5.63. The van der Waals surface area contributed by atoms with Gasteiger partial charge in [-0.05, 0) is 5.56 Å². The molecule has 0 aliphatic carbocycles. The first kappa shape index (κ1) is 16.5. The Hall–Kier alpha value is -1.50. The van der Waals surface area contributed by atoms with Crippen LogP contribution in [0.3, 0.4) is 0 Å². The van der Waals surface area contributed by atoms with Crippen molar-refractivity contribution in [1.29, 1.82) is 0 Å². The SMILES string of the molecule is C=Cc1ccccc1.OC(C(F)(F)F)C(F)(F)F. The van der Waals surface area contributed by atoms with Gasteiger partial charge in [-0.3, -0.25) is 0 Å². The number of hydrogen-bond donors (Lipinski definition) is 1. The van der Waals surface area contributed by atoms with Crippen molar-refractivity contribution < 1.29 is 31.4 Å². The average molecular weight is 272 g/mol. The van der Waals surface area contributed by atoms with E-state index in [2.05, 4.69) is 6.58 Å². The Morgan fingerprint density at radius 2 is 1.33 bits per heavy atom. The molecule has 0 amide bonds. The molecule has 1 N–H and O–H groups in total. The van der Waals surface area contributed by atoms with Gasteiger partial charge >= 0.3 is 12.4 Å². The zero-order valence-electron chi connectivity index (χ0n) is 8.96. The van der Waals surface area contributed by atoms with Gasteiger partial charge in [0.2, 0.25) is 6.10 Å². The highest BCUT2D eigenvalue weighted by Crippen LogP contribution is 2.32. The minimum absolute atomic E-state index is 1.17. The van der Waals surface area contributed by atoms with Crippen LogP contribution >= 0.6 is 0 Å². The van der Waals surface area contributed by atoms with Crippen LogP contribution in [0.2, 0.25) is 0 Å². The number of benzene rings is 1. The van der Waals surface area contributed by atoms with Crippen LogP contribution in [0.25, 0.3) is 6.08 Å². The highest BCUT2D eigenvalue weighted by atomic mass is 19.4. The lowest BCUT2D eigenvalue weighted by atomic mass is 10.2. The second-order valence-corrected chi connectivity index (χ2v) is 3.10. The van der Waals surface area contributed by atoms with Crippen molar-refractivity contribution in [3.63, 3.8) is 0 Å². The minimum Gasteiger partial charge on any atom is -0.377 e. The van der Waals surface area contributed by atoms with Gasteiger partial charge in [0.25, 0.3) is 0 Å². The summed E-state index contributed by atoms with van der Waals surface area (Å²) in [5.41, 5.74) is 1.17. The molecule has 0 atom stereocenters. The Bertz CT molecular complexity index is 340. The summed E-state index contributed by atoms with van der Waals surface area (Å²) in [6.07, 6.45) is -13.7. The fourth-order valence-corrected chi connectivity index (χ4v) is 0.775. The molecule has 0 unspecified atom stereocenters. The topological polar surface area (TPSA) is 20.2 Å². The summed E-state index contributed by atoms with van der Waals surface area (Å²) in [5, 5.41) is 7.47. The Morgan fingerprint density at radius 1 is 0.944 bits per heavy atom. The molecule has 0 heterocycles. The summed E-state index contributed by atoms with van der Waals surface area (Å²) < 4.78 is 65.9. The van der Waals surface area contributed by atoms with Crippen LogP contribution in [-0.4, -0.2) is 23.6 Å². The van der Waals surface area contributed by atoms with Crippen LogP contribution in [0.5, 0.6) is 0 Å². The van der Waals surface area contributed by atoms with Gasteiger partial charge in [0, 0.05) is 0 Å². The van der Waals surface area contributed by atoms with E-state index in [1.54, 1.807) is 0 Å². The Kier molecular flexibility index (Phi) is 5.90. The molecule has 0 aromatic heterocycles. The van der Waals surface area contributed by atoms with E-state index in [1.165, 1.54) is 5.56 Å². The van der Waals surface area contributed by atoms with Gasteiger partial charge in [-0.15, -0.1) is 0 Å². The molecule has 0 aliphatic rings. The number of rotatable bonds is 1. The van der Waals surface area contributed by atoms with Gasteiger partial charge in [0.15, 0.2) is 0 Å². The lowest BCUT2D eigenvalue weighted by Gasteiger charge is -2.16. The Morgan fingerprint density at radius 3 is 1.50 bits per heavy atom. The summed E-state index contributed by atoms with van der Waals surface area (Å²) in [7, 11) is 0. The van der Waals surface area contributed by atoms with Crippen LogP contribution in [0.4, 0.5) is 26.3 Å². The molecule has 0 aliphatic heterocycles. The average Bonchev–Trinajstić information content (AvgIpc) is 2.27. The smallest absolute Gasteiger partial charge is 0.377 e. The lowest BCUT2D eigenvalue weighted by molar-refractivity contribution is -0.308. The van der Waals surface area contributed by atoms with E-state index in [4.69, 9.17) is 5.11 Å². The van der Waals surface area contributed by atoms with E-state index in [0.717, 1.165) is 0 Å². The molecule has 102 valence electrons. The normalized spacial score (nSPS) is 11.8. The van der Waals surface area contributed by atoms with Crippen molar-refractivity contribution in [2.24, 2.45) is 0 Å². The predicted octanol–water partition coefficient (Wildman–Crippen LogP) is 3.80. The maximum Gasteiger partial charge on any atom is 0.423 e. The fourth-order valence-electron chi connectivity index (χ4n) is 0.775. The molecule has 0 fully saturated rings. The Labute approximate surface area is 99.4 Å². The third kappa shape index (κ3) is 6.29. The zero-order chi connectivity index (χ0) is 14.4. The summed E-state index contributed by atoms with van der Waals surface area (Å²) in [5.74, 6) is 0. The number of halogens is 6. The van der Waals surface area contributed by atoms with Gasteiger partial charge in [0.05, 0.1) is 0 Å². The monoisotopic (exact) mass is 272 g/mol. The quantitative estimate of drug-likeness (QED) is 0.771. The van der Waals surface area contributed by atoms with E-state index in [-0.39, 0.29) is 0 Å². The van der Waals surface area contributed by atoms with Gasteiger partial charge in [-0.25, -0.2) is 0 Å². The maximum atomic E-state index is 11.0. The third-order valence-electron chi connectivity index (χ3n) is 1.66. The first-order valence-corrected chi connectivity index (χ1v) is 4.58. The molecule has 1 aromatic carbocycles. The van der Waals surface area contributed by atoms with E-state index < -0.39 is 18.5 Å². The van der Waals surface area contributed by atoms with Crippen molar-refractivity contribution >= 4 is 6.08 Å². The predicted molar refractivity (Wildman–Crippen MR) is 54.6 cm³/mol. The van der Waals surface area contributed by atoms with Crippen molar-refractivity contribution in [2.75, 3.05) is 0 Å². The van der Waals surface area contributed by atoms with Crippen molar-refractivity contribution in [2.45, 2.75) is 18.5 Å². The van der Waals surface area contributed by atoms with E-state index in [1.807, 2.05) is 36.4 Å². The van der Waals surface area contributed by atoms with Gasteiger partial charge in [0.1, 0.15) is 0 Å². The van der Waals surface area contributed by atoms with Crippen LogP contribution in [0.15, 0.2) is 36.9 Å². The van der Waals surface area contributed by atoms with E-state index in [9.17, 15) is 26.3 Å². The maximum absolute atomic E-state index is 11.0.